The van der Waals surface area contributed by atoms with Gasteiger partial charge in [-0.05, 0) is 12.1 Å². The number of hydrogen-bond acceptors (Lipinski definition) is 2. The molecule has 0 saturated heterocycles. The Balaban J connectivity index is 0.00000121. The van der Waals surface area contributed by atoms with E-state index in [1.165, 1.54) is 12.1 Å². The Morgan fingerprint density at radius 1 is 1.17 bits per heavy atom. The Bertz CT molecular complexity index is 327. The van der Waals surface area contributed by atoms with Gasteiger partial charge in [-0.15, -0.1) is 0 Å². The molecule has 0 aliphatic heterocycles. The van der Waals surface area contributed by atoms with Crippen LogP contribution in [0.3, 0.4) is 0 Å². The molecule has 0 atom stereocenters. The third-order valence-electron chi connectivity index (χ3n) is 1.13. The zero-order valence-electron chi connectivity index (χ0n) is 6.44. The molecular weight excluding hydrogens is 225 g/mol. The maximum Gasteiger partial charge on any atom is 1.00 e. The summed E-state index contributed by atoms with van der Waals surface area (Å²) in [5.41, 5.74) is 0. The molecule has 3 nitrogen and oxygen atoms in total. The standard InChI is InChI=1S/C6H5ClNO2S.K/c7-8-11(9,10)6-4-2-1-3-5-6;/h1-5H;/q-1;+1. The smallest absolute Gasteiger partial charge is 0.458 e. The molecular formula is C6H5ClKNO2S. The van der Waals surface area contributed by atoms with Gasteiger partial charge < -0.3 is 4.24 Å². The summed E-state index contributed by atoms with van der Waals surface area (Å²) < 4.78 is 24.5. The zero-order chi connectivity index (χ0) is 8.32. The van der Waals surface area contributed by atoms with Crippen LogP contribution in [0.1, 0.15) is 0 Å². The van der Waals surface area contributed by atoms with Gasteiger partial charge >= 0.3 is 51.4 Å². The van der Waals surface area contributed by atoms with Crippen LogP contribution in [0.15, 0.2) is 35.2 Å². The molecule has 0 radical (unpaired) electrons. The van der Waals surface area contributed by atoms with Crippen molar-refractivity contribution >= 4 is 21.8 Å². The normalized spacial score (nSPS) is 10.4. The fourth-order valence-electron chi connectivity index (χ4n) is 0.632. The van der Waals surface area contributed by atoms with Crippen molar-refractivity contribution in [3.8, 4) is 0 Å². The number of benzene rings is 1. The van der Waals surface area contributed by atoms with Gasteiger partial charge in [-0.3, -0.25) is 11.8 Å². The summed E-state index contributed by atoms with van der Waals surface area (Å²) in [7, 11) is -3.61. The molecule has 0 amide bonds. The van der Waals surface area contributed by atoms with Crippen LogP contribution in [0, 0.1) is 0 Å². The fourth-order valence-corrected chi connectivity index (χ4v) is 1.45. The first kappa shape index (κ1) is 13.1. The van der Waals surface area contributed by atoms with Gasteiger partial charge in [0, 0.05) is 4.90 Å². The van der Waals surface area contributed by atoms with Crippen LogP contribution in [0.2, 0.25) is 0 Å². The Morgan fingerprint density at radius 2 is 1.67 bits per heavy atom. The van der Waals surface area contributed by atoms with Gasteiger partial charge in [0.1, 0.15) is 10.0 Å². The zero-order valence-corrected chi connectivity index (χ0v) is 11.1. The van der Waals surface area contributed by atoms with Gasteiger partial charge in [0.2, 0.25) is 0 Å². The Kier molecular flexibility index (Phi) is 6.22. The minimum atomic E-state index is -3.61. The van der Waals surface area contributed by atoms with E-state index in [1.807, 2.05) is 0 Å². The number of rotatable bonds is 2. The molecule has 0 aliphatic carbocycles. The molecule has 0 heterocycles. The molecule has 0 spiro atoms. The summed E-state index contributed by atoms with van der Waals surface area (Å²) in [6, 6.07) is 7.79. The van der Waals surface area contributed by atoms with Crippen LogP contribution in [0.5, 0.6) is 0 Å². The van der Waals surface area contributed by atoms with Crippen molar-refractivity contribution in [3.05, 3.63) is 34.6 Å². The molecule has 0 aliphatic rings. The molecule has 0 N–H and O–H groups in total. The van der Waals surface area contributed by atoms with Gasteiger partial charge in [0.05, 0.1) is 0 Å². The molecule has 1 aromatic carbocycles. The van der Waals surface area contributed by atoms with Crippen molar-refractivity contribution in [1.82, 2.24) is 0 Å². The van der Waals surface area contributed by atoms with Gasteiger partial charge in [0.25, 0.3) is 0 Å². The van der Waals surface area contributed by atoms with E-state index in [0.29, 0.717) is 0 Å². The van der Waals surface area contributed by atoms with Crippen LogP contribution in [0.4, 0.5) is 0 Å². The second kappa shape index (κ2) is 5.72. The minimum absolute atomic E-state index is 0. The fraction of sp³-hybridized carbons (Fsp3) is 0. The average molecular weight is 230 g/mol. The Hall–Kier alpha value is 1.06. The number of nitrogens with zero attached hydrogens (tertiary/aromatic N) is 1. The van der Waals surface area contributed by atoms with Crippen LogP contribution in [-0.4, -0.2) is 8.42 Å². The summed E-state index contributed by atoms with van der Waals surface area (Å²) >= 11 is 4.86. The van der Waals surface area contributed by atoms with Crippen molar-refractivity contribution in [2.45, 2.75) is 4.90 Å². The largest absolute Gasteiger partial charge is 1.00 e. The van der Waals surface area contributed by atoms with Gasteiger partial charge in [-0.1, -0.05) is 18.2 Å². The van der Waals surface area contributed by atoms with E-state index in [1.54, 1.807) is 18.2 Å². The minimum Gasteiger partial charge on any atom is -0.458 e. The summed E-state index contributed by atoms with van der Waals surface area (Å²) in [6.07, 6.45) is 0. The first-order valence-corrected chi connectivity index (χ1v) is 4.58. The van der Waals surface area contributed by atoms with Gasteiger partial charge in [-0.25, -0.2) is 8.42 Å². The first-order valence-electron chi connectivity index (χ1n) is 2.80. The van der Waals surface area contributed by atoms with Crippen LogP contribution in [-0.2, 0) is 10.0 Å². The predicted octanol–water partition coefficient (Wildman–Crippen LogP) is -1.09. The molecule has 0 unspecified atom stereocenters. The maximum absolute atomic E-state index is 10.9. The van der Waals surface area contributed by atoms with Crippen molar-refractivity contribution in [2.75, 3.05) is 0 Å². The van der Waals surface area contributed by atoms with Crippen molar-refractivity contribution < 1.29 is 59.8 Å². The van der Waals surface area contributed by atoms with Crippen molar-refractivity contribution in [1.29, 1.82) is 0 Å². The second-order valence-corrected chi connectivity index (χ2v) is 3.83. The number of sulfonamides is 1. The Morgan fingerprint density at radius 3 is 2.08 bits per heavy atom. The monoisotopic (exact) mass is 229 g/mol. The quantitative estimate of drug-likeness (QED) is 0.605. The topological polar surface area (TPSA) is 48.2 Å². The number of halogens is 1. The van der Waals surface area contributed by atoms with Crippen LogP contribution in [0.25, 0.3) is 4.24 Å². The summed E-state index contributed by atoms with van der Waals surface area (Å²) in [5.74, 6) is 0. The summed E-state index contributed by atoms with van der Waals surface area (Å²) in [6.45, 7) is 0. The molecule has 0 aromatic heterocycles. The van der Waals surface area contributed by atoms with E-state index >= 15 is 0 Å². The van der Waals surface area contributed by atoms with Crippen molar-refractivity contribution in [3.63, 3.8) is 0 Å². The van der Waals surface area contributed by atoms with E-state index in [0.717, 1.165) is 0 Å². The molecule has 12 heavy (non-hydrogen) atoms. The van der Waals surface area contributed by atoms with Gasteiger partial charge in [-0.2, -0.15) is 0 Å². The maximum atomic E-state index is 10.9. The van der Waals surface area contributed by atoms with Crippen LogP contribution < -0.4 is 51.4 Å². The summed E-state index contributed by atoms with van der Waals surface area (Å²) in [5, 5.41) is 0. The second-order valence-electron chi connectivity index (χ2n) is 1.86. The van der Waals surface area contributed by atoms with E-state index in [-0.39, 0.29) is 56.3 Å². The van der Waals surface area contributed by atoms with E-state index in [2.05, 4.69) is 4.24 Å². The molecule has 60 valence electrons. The molecule has 6 heteroatoms. The van der Waals surface area contributed by atoms with Crippen LogP contribution >= 0.6 is 11.8 Å². The van der Waals surface area contributed by atoms with E-state index < -0.39 is 10.0 Å². The van der Waals surface area contributed by atoms with Gasteiger partial charge in [0.15, 0.2) is 0 Å². The number of hydrogen-bond donors (Lipinski definition) is 0. The SMILES string of the molecule is O=S(=O)([N-]Cl)c1ccccc1.[K+]. The molecule has 0 saturated carbocycles. The molecule has 0 fully saturated rings. The van der Waals surface area contributed by atoms with E-state index in [9.17, 15) is 8.42 Å². The third kappa shape index (κ3) is 3.43. The van der Waals surface area contributed by atoms with E-state index in [4.69, 9.17) is 11.8 Å². The molecule has 1 rings (SSSR count). The summed E-state index contributed by atoms with van der Waals surface area (Å²) in [4.78, 5) is 0.106. The average Bonchev–Trinajstić information content (AvgIpc) is 2.06. The third-order valence-corrected chi connectivity index (χ3v) is 2.73. The molecule has 0 bridgehead atoms. The predicted molar refractivity (Wildman–Crippen MR) is 42.8 cm³/mol. The Labute approximate surface area is 119 Å². The first-order chi connectivity index (χ1) is 5.17. The molecule has 1 aromatic rings. The van der Waals surface area contributed by atoms with Crippen molar-refractivity contribution in [2.24, 2.45) is 0 Å².